The maximum atomic E-state index is 12.2. The second kappa shape index (κ2) is 9.52. The summed E-state index contributed by atoms with van der Waals surface area (Å²) in [5.41, 5.74) is 1.82. The van der Waals surface area contributed by atoms with Crippen LogP contribution in [0.3, 0.4) is 0 Å². The second-order valence-electron chi connectivity index (χ2n) is 7.47. The molecule has 0 atom stereocenters. The summed E-state index contributed by atoms with van der Waals surface area (Å²) >= 11 is 3.36. The van der Waals surface area contributed by atoms with Crippen LogP contribution in [0.2, 0.25) is 0 Å². The smallest absolute Gasteiger partial charge is 0.263 e. The minimum absolute atomic E-state index is 0.126. The van der Waals surface area contributed by atoms with Gasteiger partial charge in [0.15, 0.2) is 18.1 Å². The van der Waals surface area contributed by atoms with Gasteiger partial charge >= 0.3 is 0 Å². The van der Waals surface area contributed by atoms with Crippen LogP contribution in [-0.2, 0) is 4.79 Å². The molecule has 10 heteroatoms. The molecule has 2 aromatic heterocycles. The molecule has 1 fully saturated rings. The van der Waals surface area contributed by atoms with Gasteiger partial charge < -0.3 is 19.9 Å². The Morgan fingerprint density at radius 3 is 2.74 bits per heavy atom. The number of fused-ring (bicyclic) bond motifs is 1. The number of amides is 1. The number of carbonyl (C=O) groups is 1. The first-order valence-electron chi connectivity index (χ1n) is 10.1. The quantitative estimate of drug-likeness (QED) is 0.588. The predicted octanol–water partition coefficient (Wildman–Crippen LogP) is 2.65. The topological polar surface area (TPSA) is 96.4 Å². The fourth-order valence-electron chi connectivity index (χ4n) is 3.34. The molecule has 162 valence electrons. The number of aromatic nitrogens is 4. The number of hydrogen-bond donors (Lipinski definition) is 1. The van der Waals surface area contributed by atoms with Crippen molar-refractivity contribution in [3.05, 3.63) is 40.6 Å². The highest BCUT2D eigenvalue weighted by Crippen LogP contribution is 2.19. The van der Waals surface area contributed by atoms with E-state index in [2.05, 4.69) is 58.0 Å². The molecule has 0 saturated carbocycles. The zero-order valence-corrected chi connectivity index (χ0v) is 19.1. The van der Waals surface area contributed by atoms with Gasteiger partial charge in [0.2, 0.25) is 5.95 Å². The minimum Gasteiger partial charge on any atom is -0.484 e. The van der Waals surface area contributed by atoms with Crippen LogP contribution in [0.25, 0.3) is 11.2 Å². The van der Waals surface area contributed by atoms with Crippen molar-refractivity contribution in [3.63, 3.8) is 0 Å². The van der Waals surface area contributed by atoms with Crippen molar-refractivity contribution in [2.24, 2.45) is 0 Å². The lowest BCUT2D eigenvalue weighted by atomic mass is 10.3. The van der Waals surface area contributed by atoms with Crippen molar-refractivity contribution in [1.82, 2.24) is 24.8 Å². The number of hydrogen-bond acceptors (Lipinski definition) is 8. The molecule has 3 aromatic rings. The number of nitrogens with one attached hydrogen (secondary N) is 1. The highest BCUT2D eigenvalue weighted by molar-refractivity contribution is 9.10. The standard InChI is InChI=1S/C21H24BrN7O2/c1-14-19-20(27-21(24-14)29-9-3-8-28(2)10-11-29)23-12-17(26-19)25-18(30)13-31-16-6-4-15(22)5-7-16/h4-7,12H,3,8-11,13H2,1-2H3,(H,25,26,30). The Hall–Kier alpha value is -2.85. The Kier molecular flexibility index (Phi) is 6.57. The maximum absolute atomic E-state index is 12.2. The molecule has 0 unspecified atom stereocenters. The molecule has 1 amide bonds. The molecule has 0 bridgehead atoms. The molecule has 1 aliphatic rings. The molecule has 0 aliphatic carbocycles. The van der Waals surface area contributed by atoms with E-state index in [0.717, 1.165) is 42.8 Å². The third-order valence-electron chi connectivity index (χ3n) is 5.02. The zero-order chi connectivity index (χ0) is 21.8. The summed E-state index contributed by atoms with van der Waals surface area (Å²) < 4.78 is 6.44. The summed E-state index contributed by atoms with van der Waals surface area (Å²) in [6, 6.07) is 7.27. The third-order valence-corrected chi connectivity index (χ3v) is 5.55. The lowest BCUT2D eigenvalue weighted by Crippen LogP contribution is -2.30. The van der Waals surface area contributed by atoms with Crippen molar-refractivity contribution < 1.29 is 9.53 Å². The largest absolute Gasteiger partial charge is 0.484 e. The Morgan fingerprint density at radius 2 is 1.94 bits per heavy atom. The van der Waals surface area contributed by atoms with E-state index in [1.165, 1.54) is 6.20 Å². The highest BCUT2D eigenvalue weighted by Gasteiger charge is 2.17. The summed E-state index contributed by atoms with van der Waals surface area (Å²) in [5, 5.41) is 2.72. The van der Waals surface area contributed by atoms with Gasteiger partial charge in [-0.15, -0.1) is 0 Å². The fourth-order valence-corrected chi connectivity index (χ4v) is 3.60. The average molecular weight is 486 g/mol. The number of ether oxygens (including phenoxy) is 1. The number of likely N-dealkylation sites (N-methyl/N-ethyl adjacent to an activating group) is 1. The van der Waals surface area contributed by atoms with Crippen molar-refractivity contribution in [2.45, 2.75) is 13.3 Å². The van der Waals surface area contributed by atoms with E-state index >= 15 is 0 Å². The van der Waals surface area contributed by atoms with E-state index in [4.69, 9.17) is 4.74 Å². The van der Waals surface area contributed by atoms with Crippen molar-refractivity contribution in [1.29, 1.82) is 0 Å². The third kappa shape index (κ3) is 5.45. The van der Waals surface area contributed by atoms with Gasteiger partial charge in [0.1, 0.15) is 11.3 Å². The van der Waals surface area contributed by atoms with Crippen molar-refractivity contribution in [2.75, 3.05) is 50.1 Å². The molecule has 1 aromatic carbocycles. The number of carbonyl (C=O) groups excluding carboxylic acids is 1. The van der Waals surface area contributed by atoms with Crippen LogP contribution in [-0.4, -0.2) is 70.6 Å². The van der Waals surface area contributed by atoms with Crippen LogP contribution in [0.1, 0.15) is 12.1 Å². The number of aryl methyl sites for hydroxylation is 1. The molecule has 1 aliphatic heterocycles. The van der Waals surface area contributed by atoms with Gasteiger partial charge in [-0.1, -0.05) is 15.9 Å². The van der Waals surface area contributed by atoms with Gasteiger partial charge in [0, 0.05) is 24.1 Å². The van der Waals surface area contributed by atoms with Crippen LogP contribution >= 0.6 is 15.9 Å². The minimum atomic E-state index is -0.319. The number of anilines is 2. The first-order chi connectivity index (χ1) is 15.0. The molecule has 1 saturated heterocycles. The van der Waals surface area contributed by atoms with Gasteiger partial charge in [0.05, 0.1) is 11.9 Å². The van der Waals surface area contributed by atoms with E-state index in [1.807, 2.05) is 19.1 Å². The van der Waals surface area contributed by atoms with E-state index < -0.39 is 0 Å². The number of halogens is 1. The second-order valence-corrected chi connectivity index (χ2v) is 8.39. The van der Waals surface area contributed by atoms with Crippen LogP contribution in [0.15, 0.2) is 34.9 Å². The lowest BCUT2D eigenvalue weighted by molar-refractivity contribution is -0.118. The van der Waals surface area contributed by atoms with Crippen LogP contribution in [0.5, 0.6) is 5.75 Å². The number of benzene rings is 1. The molecular formula is C21H24BrN7O2. The average Bonchev–Trinajstić information content (AvgIpc) is 2.98. The molecule has 9 nitrogen and oxygen atoms in total. The normalized spacial score (nSPS) is 15.0. The summed E-state index contributed by atoms with van der Waals surface area (Å²) in [6.45, 7) is 5.58. The first-order valence-corrected chi connectivity index (χ1v) is 10.9. The van der Waals surface area contributed by atoms with Gasteiger partial charge in [-0.2, -0.15) is 4.98 Å². The van der Waals surface area contributed by atoms with Gasteiger partial charge in [0.25, 0.3) is 5.91 Å². The number of nitrogens with zero attached hydrogens (tertiary/aromatic N) is 6. The molecule has 31 heavy (non-hydrogen) atoms. The molecule has 0 radical (unpaired) electrons. The van der Waals surface area contributed by atoms with Crippen LogP contribution in [0.4, 0.5) is 11.8 Å². The van der Waals surface area contributed by atoms with Crippen molar-refractivity contribution >= 4 is 44.8 Å². The zero-order valence-electron chi connectivity index (χ0n) is 17.5. The highest BCUT2D eigenvalue weighted by atomic mass is 79.9. The van der Waals surface area contributed by atoms with E-state index in [0.29, 0.717) is 28.7 Å². The Balaban J connectivity index is 1.44. The fraction of sp³-hybridized carbons (Fsp3) is 0.381. The van der Waals surface area contributed by atoms with Gasteiger partial charge in [-0.05, 0) is 51.2 Å². The Bertz CT molecular complexity index is 1080. The van der Waals surface area contributed by atoms with E-state index in [9.17, 15) is 4.79 Å². The Morgan fingerprint density at radius 1 is 1.13 bits per heavy atom. The van der Waals surface area contributed by atoms with Crippen molar-refractivity contribution in [3.8, 4) is 5.75 Å². The number of rotatable bonds is 5. The monoisotopic (exact) mass is 485 g/mol. The van der Waals surface area contributed by atoms with Crippen LogP contribution < -0.4 is 15.0 Å². The Labute approximate surface area is 189 Å². The molecule has 4 rings (SSSR count). The van der Waals surface area contributed by atoms with Crippen LogP contribution in [0, 0.1) is 6.92 Å². The van der Waals surface area contributed by atoms with Gasteiger partial charge in [-0.25, -0.2) is 15.0 Å². The summed E-state index contributed by atoms with van der Waals surface area (Å²) in [4.78, 5) is 34.9. The first kappa shape index (κ1) is 21.4. The molecular weight excluding hydrogens is 462 g/mol. The molecule has 3 heterocycles. The lowest BCUT2D eigenvalue weighted by Gasteiger charge is -2.21. The maximum Gasteiger partial charge on any atom is 0.263 e. The summed E-state index contributed by atoms with van der Waals surface area (Å²) in [7, 11) is 2.13. The molecule has 1 N–H and O–H groups in total. The van der Waals surface area contributed by atoms with E-state index in [1.54, 1.807) is 12.1 Å². The summed E-state index contributed by atoms with van der Waals surface area (Å²) in [5.74, 6) is 1.31. The predicted molar refractivity (Wildman–Crippen MR) is 122 cm³/mol. The molecule has 0 spiro atoms. The summed E-state index contributed by atoms with van der Waals surface area (Å²) in [6.07, 6.45) is 2.57. The van der Waals surface area contributed by atoms with Gasteiger partial charge in [-0.3, -0.25) is 4.79 Å². The van der Waals surface area contributed by atoms with E-state index in [-0.39, 0.29) is 12.5 Å². The SMILES string of the molecule is Cc1nc(N2CCCN(C)CC2)nc2ncc(NC(=O)COc3ccc(Br)cc3)nc12.